The Morgan fingerprint density at radius 2 is 1.71 bits per heavy atom. The fraction of sp³-hybridized carbons (Fsp3) is 0.944. The highest BCUT2D eigenvalue weighted by atomic mass is 127. The maximum atomic E-state index is 4.34. The number of likely N-dealkylation sites (tertiary alicyclic amines) is 1. The minimum Gasteiger partial charge on any atom is -0.356 e. The molecule has 0 saturated carbocycles. The molecule has 24 heavy (non-hydrogen) atoms. The smallest absolute Gasteiger partial charge is 0.190 e. The summed E-state index contributed by atoms with van der Waals surface area (Å²) < 4.78 is 0. The molecule has 2 N–H and O–H groups in total. The van der Waals surface area contributed by atoms with Crippen LogP contribution in [0, 0.1) is 5.92 Å². The van der Waals surface area contributed by atoms with Crippen LogP contribution < -0.4 is 10.6 Å². The van der Waals surface area contributed by atoms with Crippen molar-refractivity contribution in [2.24, 2.45) is 10.9 Å². The maximum Gasteiger partial charge on any atom is 0.190 e. The van der Waals surface area contributed by atoms with Crippen LogP contribution in [0.25, 0.3) is 0 Å². The number of hydrogen-bond donors (Lipinski definition) is 2. The van der Waals surface area contributed by atoms with Gasteiger partial charge in [-0.15, -0.1) is 24.0 Å². The van der Waals surface area contributed by atoms with E-state index in [1.165, 1.54) is 25.9 Å². The standard InChI is InChI=1S/C18H39N5.HI/c1-15(2)23(16(3)4)11-7-10-20-18(19-5)21-14-17-8-12-22(6)13-9-17;/h15-17H,7-14H2,1-6H3,(H2,19,20,21);1H. The zero-order valence-corrected chi connectivity index (χ0v) is 19.0. The third-order valence-electron chi connectivity index (χ3n) is 4.83. The van der Waals surface area contributed by atoms with E-state index in [4.69, 9.17) is 0 Å². The number of guanidine groups is 1. The Balaban J connectivity index is 0.00000529. The third-order valence-corrected chi connectivity index (χ3v) is 4.83. The summed E-state index contributed by atoms with van der Waals surface area (Å²) in [7, 11) is 4.07. The van der Waals surface area contributed by atoms with Gasteiger partial charge in [0.15, 0.2) is 5.96 Å². The minimum absolute atomic E-state index is 0. The van der Waals surface area contributed by atoms with Crippen LogP contribution in [0.4, 0.5) is 0 Å². The van der Waals surface area contributed by atoms with Crippen molar-refractivity contribution in [1.82, 2.24) is 20.4 Å². The Morgan fingerprint density at radius 1 is 1.12 bits per heavy atom. The number of piperidine rings is 1. The van der Waals surface area contributed by atoms with Crippen molar-refractivity contribution < 1.29 is 0 Å². The van der Waals surface area contributed by atoms with E-state index in [1.807, 2.05) is 7.05 Å². The number of hydrogen-bond acceptors (Lipinski definition) is 3. The van der Waals surface area contributed by atoms with Crippen LogP contribution in [-0.2, 0) is 0 Å². The summed E-state index contributed by atoms with van der Waals surface area (Å²) in [6.45, 7) is 14.7. The van der Waals surface area contributed by atoms with Crippen LogP contribution in [0.3, 0.4) is 0 Å². The number of halogens is 1. The molecule has 144 valence electrons. The van der Waals surface area contributed by atoms with Crippen molar-refractivity contribution >= 4 is 29.9 Å². The molecule has 0 aromatic heterocycles. The van der Waals surface area contributed by atoms with Gasteiger partial charge in [0.2, 0.25) is 0 Å². The summed E-state index contributed by atoms with van der Waals surface area (Å²) in [6.07, 6.45) is 3.72. The molecule has 0 aromatic rings. The molecule has 1 fully saturated rings. The van der Waals surface area contributed by atoms with Gasteiger partial charge in [0.05, 0.1) is 0 Å². The van der Waals surface area contributed by atoms with Crippen molar-refractivity contribution in [3.63, 3.8) is 0 Å². The normalized spacial score (nSPS) is 17.5. The molecule has 1 saturated heterocycles. The quantitative estimate of drug-likeness (QED) is 0.257. The topological polar surface area (TPSA) is 42.9 Å². The second-order valence-corrected chi connectivity index (χ2v) is 7.41. The lowest BCUT2D eigenvalue weighted by molar-refractivity contribution is 0.173. The molecule has 6 heteroatoms. The van der Waals surface area contributed by atoms with Crippen LogP contribution in [0.5, 0.6) is 0 Å². The predicted molar refractivity (Wildman–Crippen MR) is 117 cm³/mol. The maximum absolute atomic E-state index is 4.34. The van der Waals surface area contributed by atoms with Crippen molar-refractivity contribution in [3.05, 3.63) is 0 Å². The molecule has 0 unspecified atom stereocenters. The van der Waals surface area contributed by atoms with E-state index in [2.05, 4.69) is 60.2 Å². The van der Waals surface area contributed by atoms with Gasteiger partial charge in [0.25, 0.3) is 0 Å². The highest BCUT2D eigenvalue weighted by Gasteiger charge is 2.16. The second kappa shape index (κ2) is 13.2. The second-order valence-electron chi connectivity index (χ2n) is 7.41. The van der Waals surface area contributed by atoms with E-state index >= 15 is 0 Å². The van der Waals surface area contributed by atoms with Crippen LogP contribution in [0.15, 0.2) is 4.99 Å². The SMILES string of the molecule is CN=C(NCCCN(C(C)C)C(C)C)NCC1CCN(C)CC1.I. The number of nitrogens with one attached hydrogen (secondary N) is 2. The van der Waals surface area contributed by atoms with Crippen molar-refractivity contribution in [2.45, 2.75) is 59.0 Å². The zero-order valence-electron chi connectivity index (χ0n) is 16.6. The van der Waals surface area contributed by atoms with Crippen LogP contribution in [0.2, 0.25) is 0 Å². The highest BCUT2D eigenvalue weighted by Crippen LogP contribution is 2.14. The largest absolute Gasteiger partial charge is 0.356 e. The molecule has 1 aliphatic heterocycles. The van der Waals surface area contributed by atoms with E-state index < -0.39 is 0 Å². The van der Waals surface area contributed by atoms with Crippen LogP contribution >= 0.6 is 24.0 Å². The summed E-state index contributed by atoms with van der Waals surface area (Å²) in [5.74, 6) is 1.73. The third kappa shape index (κ3) is 9.42. The van der Waals surface area contributed by atoms with E-state index in [1.54, 1.807) is 0 Å². The monoisotopic (exact) mass is 453 g/mol. The lowest BCUT2D eigenvalue weighted by atomic mass is 9.97. The molecule has 0 atom stereocenters. The summed E-state index contributed by atoms with van der Waals surface area (Å²) in [4.78, 5) is 9.30. The molecule has 1 rings (SSSR count). The van der Waals surface area contributed by atoms with E-state index in [-0.39, 0.29) is 24.0 Å². The molecule has 0 amide bonds. The minimum atomic E-state index is 0. The fourth-order valence-corrected chi connectivity index (χ4v) is 3.31. The molecular formula is C18H40IN5. The first-order chi connectivity index (χ1) is 10.9. The number of nitrogens with zero attached hydrogens (tertiary/aromatic N) is 3. The average Bonchev–Trinajstić information content (AvgIpc) is 2.50. The number of rotatable bonds is 8. The van der Waals surface area contributed by atoms with Gasteiger partial charge in [-0.25, -0.2) is 0 Å². The first-order valence-electron chi connectivity index (χ1n) is 9.32. The Bertz CT molecular complexity index is 330. The lowest BCUT2D eigenvalue weighted by Gasteiger charge is -2.30. The Morgan fingerprint density at radius 3 is 2.21 bits per heavy atom. The molecular weight excluding hydrogens is 413 g/mol. The summed E-state index contributed by atoms with van der Waals surface area (Å²) in [5.41, 5.74) is 0. The summed E-state index contributed by atoms with van der Waals surface area (Å²) in [5, 5.41) is 6.95. The van der Waals surface area contributed by atoms with Crippen molar-refractivity contribution in [2.75, 3.05) is 46.8 Å². The van der Waals surface area contributed by atoms with E-state index in [9.17, 15) is 0 Å². The average molecular weight is 453 g/mol. The zero-order chi connectivity index (χ0) is 17.2. The lowest BCUT2D eigenvalue weighted by Crippen LogP contribution is -2.43. The first kappa shape index (κ1) is 23.9. The molecule has 0 spiro atoms. The van der Waals surface area contributed by atoms with E-state index in [0.29, 0.717) is 12.1 Å². The van der Waals surface area contributed by atoms with Gasteiger partial charge in [-0.1, -0.05) is 0 Å². The molecule has 1 heterocycles. The van der Waals surface area contributed by atoms with E-state index in [0.717, 1.165) is 37.9 Å². The fourth-order valence-electron chi connectivity index (χ4n) is 3.31. The Kier molecular flexibility index (Phi) is 13.1. The molecule has 5 nitrogen and oxygen atoms in total. The van der Waals surface area contributed by atoms with Gasteiger partial charge < -0.3 is 15.5 Å². The number of aliphatic imine (C=N–C) groups is 1. The summed E-state index contributed by atoms with van der Waals surface area (Å²) in [6, 6.07) is 1.22. The van der Waals surface area contributed by atoms with Gasteiger partial charge in [-0.2, -0.15) is 0 Å². The molecule has 0 aliphatic carbocycles. The van der Waals surface area contributed by atoms with Gasteiger partial charge in [0.1, 0.15) is 0 Å². The van der Waals surface area contributed by atoms with Gasteiger partial charge in [-0.05, 0) is 73.0 Å². The predicted octanol–water partition coefficient (Wildman–Crippen LogP) is 2.62. The highest BCUT2D eigenvalue weighted by molar-refractivity contribution is 14.0. The Hall–Kier alpha value is -0.0800. The molecule has 0 bridgehead atoms. The summed E-state index contributed by atoms with van der Waals surface area (Å²) >= 11 is 0. The van der Waals surface area contributed by atoms with Crippen molar-refractivity contribution in [1.29, 1.82) is 0 Å². The van der Waals surface area contributed by atoms with Crippen LogP contribution in [0.1, 0.15) is 47.0 Å². The van der Waals surface area contributed by atoms with Gasteiger partial charge in [-0.3, -0.25) is 9.89 Å². The Labute approximate surface area is 167 Å². The molecule has 0 radical (unpaired) electrons. The van der Waals surface area contributed by atoms with Gasteiger partial charge in [0, 0.05) is 38.8 Å². The molecule has 0 aromatic carbocycles. The van der Waals surface area contributed by atoms with Gasteiger partial charge >= 0.3 is 0 Å². The first-order valence-corrected chi connectivity index (χ1v) is 9.32. The van der Waals surface area contributed by atoms with Crippen LogP contribution in [-0.4, -0.2) is 74.7 Å². The molecule has 1 aliphatic rings. The van der Waals surface area contributed by atoms with Crippen molar-refractivity contribution in [3.8, 4) is 0 Å².